The summed E-state index contributed by atoms with van der Waals surface area (Å²) in [5.74, 6) is -1.72. The predicted octanol–water partition coefficient (Wildman–Crippen LogP) is 1.40. The van der Waals surface area contributed by atoms with Crippen molar-refractivity contribution in [3.8, 4) is 5.75 Å². The lowest BCUT2D eigenvalue weighted by atomic mass is 9.89. The van der Waals surface area contributed by atoms with Crippen LogP contribution in [-0.4, -0.2) is 36.9 Å². The number of carbonyl (C=O) groups excluding carboxylic acids is 4. The van der Waals surface area contributed by atoms with Crippen LogP contribution in [0.25, 0.3) is 0 Å². The molecule has 8 nitrogen and oxygen atoms in total. The molecule has 3 amide bonds. The maximum atomic E-state index is 12.1. The molecule has 3 rings (SSSR count). The maximum absolute atomic E-state index is 12.1. The van der Waals surface area contributed by atoms with Crippen LogP contribution in [0.1, 0.15) is 42.5 Å². The van der Waals surface area contributed by atoms with E-state index in [0.717, 1.165) is 32.1 Å². The quantitative estimate of drug-likeness (QED) is 0.785. The number of ether oxygens (including phenoxy) is 2. The van der Waals surface area contributed by atoms with Gasteiger partial charge >= 0.3 is 5.97 Å². The minimum atomic E-state index is -0.714. The molecule has 1 fully saturated rings. The van der Waals surface area contributed by atoms with E-state index in [1.807, 2.05) is 0 Å². The Morgan fingerprint density at radius 3 is 2.73 bits per heavy atom. The predicted molar refractivity (Wildman–Crippen MR) is 90.6 cm³/mol. The van der Waals surface area contributed by atoms with Crippen LogP contribution in [0.15, 0.2) is 18.2 Å². The number of amides is 3. The van der Waals surface area contributed by atoms with Crippen molar-refractivity contribution in [3.63, 3.8) is 0 Å². The SMILES string of the molecule is O=C(COC(=O)c1ccc2c(c1)OCC(=O)N2)NC(=O)C1CCCCC1. The molecule has 0 unspecified atom stereocenters. The topological polar surface area (TPSA) is 111 Å². The summed E-state index contributed by atoms with van der Waals surface area (Å²) >= 11 is 0. The Hall–Kier alpha value is -2.90. The molecular formula is C18H20N2O6. The molecule has 1 heterocycles. The molecule has 1 saturated carbocycles. The first kappa shape index (κ1) is 17.9. The molecule has 1 aromatic rings. The highest BCUT2D eigenvalue weighted by atomic mass is 16.5. The van der Waals surface area contributed by atoms with Crippen LogP contribution >= 0.6 is 0 Å². The molecule has 8 heteroatoms. The number of rotatable bonds is 4. The number of esters is 1. The smallest absolute Gasteiger partial charge is 0.338 e. The lowest BCUT2D eigenvalue weighted by molar-refractivity contribution is -0.135. The molecule has 0 atom stereocenters. The normalized spacial score (nSPS) is 16.7. The van der Waals surface area contributed by atoms with E-state index in [1.54, 1.807) is 0 Å². The van der Waals surface area contributed by atoms with Crippen LogP contribution in [0.3, 0.4) is 0 Å². The van der Waals surface area contributed by atoms with E-state index in [1.165, 1.54) is 18.2 Å². The molecule has 1 aliphatic heterocycles. The van der Waals surface area contributed by atoms with E-state index in [-0.39, 0.29) is 29.9 Å². The van der Waals surface area contributed by atoms with E-state index >= 15 is 0 Å². The van der Waals surface area contributed by atoms with Gasteiger partial charge in [0, 0.05) is 5.92 Å². The minimum Gasteiger partial charge on any atom is -0.482 e. The summed E-state index contributed by atoms with van der Waals surface area (Å²) in [7, 11) is 0. The third-order valence-electron chi connectivity index (χ3n) is 4.42. The van der Waals surface area contributed by atoms with E-state index < -0.39 is 18.5 Å². The second-order valence-electron chi connectivity index (χ2n) is 6.37. The highest BCUT2D eigenvalue weighted by molar-refractivity contribution is 5.99. The molecule has 0 bridgehead atoms. The average Bonchev–Trinajstić information content (AvgIpc) is 2.66. The molecule has 138 valence electrons. The van der Waals surface area contributed by atoms with Gasteiger partial charge in [0.05, 0.1) is 11.3 Å². The van der Waals surface area contributed by atoms with Crippen molar-refractivity contribution in [2.45, 2.75) is 32.1 Å². The van der Waals surface area contributed by atoms with Crippen LogP contribution in [0.2, 0.25) is 0 Å². The minimum absolute atomic E-state index is 0.128. The molecule has 0 radical (unpaired) electrons. The van der Waals surface area contributed by atoms with Gasteiger partial charge in [-0.05, 0) is 31.0 Å². The Bertz CT molecular complexity index is 739. The first-order valence-corrected chi connectivity index (χ1v) is 8.60. The Morgan fingerprint density at radius 2 is 1.96 bits per heavy atom. The number of imide groups is 1. The number of anilines is 1. The van der Waals surface area contributed by atoms with E-state index in [2.05, 4.69) is 10.6 Å². The third-order valence-corrected chi connectivity index (χ3v) is 4.42. The fourth-order valence-electron chi connectivity index (χ4n) is 3.06. The zero-order valence-corrected chi connectivity index (χ0v) is 14.2. The molecule has 0 saturated heterocycles. The van der Waals surface area contributed by atoms with Gasteiger partial charge in [0.2, 0.25) is 5.91 Å². The largest absolute Gasteiger partial charge is 0.482 e. The van der Waals surface area contributed by atoms with Gasteiger partial charge in [0.25, 0.3) is 11.8 Å². The van der Waals surface area contributed by atoms with Crippen LogP contribution in [0.4, 0.5) is 5.69 Å². The standard InChI is InChI=1S/C18H20N2O6/c21-15-9-25-14-8-12(6-7-13(14)19-15)18(24)26-10-16(22)20-17(23)11-4-2-1-3-5-11/h6-8,11H,1-5,9-10H2,(H,19,21)(H,20,22,23). The molecule has 0 aromatic heterocycles. The lowest BCUT2D eigenvalue weighted by Crippen LogP contribution is -2.38. The Labute approximate surface area is 150 Å². The monoisotopic (exact) mass is 360 g/mol. The number of carbonyl (C=O) groups is 4. The van der Waals surface area contributed by atoms with E-state index in [0.29, 0.717) is 11.4 Å². The van der Waals surface area contributed by atoms with Crippen LogP contribution in [0.5, 0.6) is 5.75 Å². The second kappa shape index (κ2) is 7.99. The third kappa shape index (κ3) is 4.38. The van der Waals surface area contributed by atoms with E-state index in [9.17, 15) is 19.2 Å². The molecule has 1 aliphatic carbocycles. The number of hydrogen-bond acceptors (Lipinski definition) is 6. The van der Waals surface area contributed by atoms with Crippen molar-refractivity contribution in [3.05, 3.63) is 23.8 Å². The number of benzene rings is 1. The van der Waals surface area contributed by atoms with Gasteiger partial charge in [-0.3, -0.25) is 19.7 Å². The molecule has 2 aliphatic rings. The van der Waals surface area contributed by atoms with Gasteiger partial charge in [0.15, 0.2) is 13.2 Å². The average molecular weight is 360 g/mol. The van der Waals surface area contributed by atoms with Crippen molar-refractivity contribution in [1.29, 1.82) is 0 Å². The van der Waals surface area contributed by atoms with Crippen molar-refractivity contribution in [1.82, 2.24) is 5.32 Å². The summed E-state index contributed by atoms with van der Waals surface area (Å²) in [5, 5.41) is 4.90. The van der Waals surface area contributed by atoms with Crippen molar-refractivity contribution < 1.29 is 28.7 Å². The van der Waals surface area contributed by atoms with Gasteiger partial charge in [-0.25, -0.2) is 4.79 Å². The molecule has 1 aromatic carbocycles. The summed E-state index contributed by atoms with van der Waals surface area (Å²) in [6, 6.07) is 4.42. The zero-order valence-electron chi connectivity index (χ0n) is 14.2. The highest BCUT2D eigenvalue weighted by Gasteiger charge is 2.23. The van der Waals surface area contributed by atoms with Gasteiger partial charge in [-0.2, -0.15) is 0 Å². The number of nitrogens with one attached hydrogen (secondary N) is 2. The molecule has 26 heavy (non-hydrogen) atoms. The Balaban J connectivity index is 1.49. The van der Waals surface area contributed by atoms with Crippen LogP contribution in [-0.2, 0) is 19.1 Å². The Kier molecular flexibility index (Phi) is 5.50. The summed E-state index contributed by atoms with van der Waals surface area (Å²) in [6.07, 6.45) is 4.66. The zero-order chi connectivity index (χ0) is 18.5. The lowest BCUT2D eigenvalue weighted by Gasteiger charge is -2.20. The van der Waals surface area contributed by atoms with E-state index in [4.69, 9.17) is 9.47 Å². The first-order valence-electron chi connectivity index (χ1n) is 8.60. The Morgan fingerprint density at radius 1 is 1.19 bits per heavy atom. The number of hydrogen-bond donors (Lipinski definition) is 2. The summed E-state index contributed by atoms with van der Waals surface area (Å²) in [5.41, 5.74) is 0.653. The van der Waals surface area contributed by atoms with Crippen LogP contribution < -0.4 is 15.4 Å². The van der Waals surface area contributed by atoms with Crippen molar-refractivity contribution >= 4 is 29.4 Å². The summed E-state index contributed by atoms with van der Waals surface area (Å²) < 4.78 is 10.2. The summed E-state index contributed by atoms with van der Waals surface area (Å²) in [6.45, 7) is -0.664. The van der Waals surface area contributed by atoms with Crippen molar-refractivity contribution in [2.75, 3.05) is 18.5 Å². The summed E-state index contributed by atoms with van der Waals surface area (Å²) in [4.78, 5) is 47.1. The maximum Gasteiger partial charge on any atom is 0.338 e. The first-order chi connectivity index (χ1) is 12.5. The highest BCUT2D eigenvalue weighted by Crippen LogP contribution is 2.28. The molecule has 2 N–H and O–H groups in total. The second-order valence-corrected chi connectivity index (χ2v) is 6.37. The van der Waals surface area contributed by atoms with Gasteiger partial charge in [-0.1, -0.05) is 19.3 Å². The van der Waals surface area contributed by atoms with Gasteiger partial charge in [-0.15, -0.1) is 0 Å². The molecular weight excluding hydrogens is 340 g/mol. The van der Waals surface area contributed by atoms with Gasteiger partial charge in [0.1, 0.15) is 5.75 Å². The van der Waals surface area contributed by atoms with Crippen LogP contribution in [0, 0.1) is 5.92 Å². The van der Waals surface area contributed by atoms with Crippen molar-refractivity contribution in [2.24, 2.45) is 5.92 Å². The fourth-order valence-corrected chi connectivity index (χ4v) is 3.06. The number of fused-ring (bicyclic) bond motifs is 1. The molecule has 0 spiro atoms. The van der Waals surface area contributed by atoms with Gasteiger partial charge < -0.3 is 14.8 Å². The fraction of sp³-hybridized carbons (Fsp3) is 0.444.